The Morgan fingerprint density at radius 2 is 0.628 bits per heavy atom. The topological polar surface area (TPSA) is 32.4 Å². The van der Waals surface area contributed by atoms with E-state index in [1.165, 1.54) is 162 Å². The third-order valence-corrected chi connectivity index (χ3v) is 23.0. The molecule has 5 aromatic heterocycles. The van der Waals surface area contributed by atoms with Crippen molar-refractivity contribution in [1.29, 1.82) is 0 Å². The molecule has 19 rings (SSSR count). The summed E-state index contributed by atoms with van der Waals surface area (Å²) in [6.45, 7) is 75.6. The third kappa shape index (κ3) is 38.6. The highest BCUT2D eigenvalue weighted by Crippen LogP contribution is 2.44. The monoisotopic (exact) mass is 1960 g/mol. The molecule has 9 nitrogen and oxygen atoms in total. The van der Waals surface area contributed by atoms with Crippen LogP contribution >= 0.6 is 0 Å². The summed E-state index contributed by atoms with van der Waals surface area (Å²) in [5, 5.41) is 6.43. The van der Waals surface area contributed by atoms with E-state index in [-0.39, 0.29) is 0 Å². The van der Waals surface area contributed by atoms with Gasteiger partial charge in [-0.1, -0.05) is 394 Å². The van der Waals surface area contributed by atoms with Gasteiger partial charge >= 0.3 is 0 Å². The Labute approximate surface area is 887 Å². The molecule has 0 saturated heterocycles. The molecule has 9 heteroatoms. The molecule has 0 radical (unpaired) electrons. The molecule has 0 saturated carbocycles. The second kappa shape index (κ2) is 78.1. The third-order valence-electron chi connectivity index (χ3n) is 23.0. The fourth-order valence-corrected chi connectivity index (χ4v) is 16.1. The zero-order valence-electron chi connectivity index (χ0n) is 99.0. The molecule has 0 amide bonds. The van der Waals surface area contributed by atoms with Gasteiger partial charge in [-0.15, -0.1) is 0 Å². The first-order valence-electron chi connectivity index (χ1n) is 54.7. The Morgan fingerprint density at radius 1 is 0.262 bits per heavy atom. The van der Waals surface area contributed by atoms with Crippen molar-refractivity contribution in [3.05, 3.63) is 409 Å². The lowest BCUT2D eigenvalue weighted by Gasteiger charge is -2.28. The lowest BCUT2D eigenvalue weighted by atomic mass is 9.98. The summed E-state index contributed by atoms with van der Waals surface area (Å²) < 4.78 is 11.0. The standard InChI is InChI=1S/3C17H16N.C16H18N2.C16H16N.C13H14N.C12H16N2.14C2H6/c1-13-7-3-6-10-16(13)17-11-14-8-4-5-9-15(14)12-18(17)2;1-13-7-3-5-9-15(13)17-16-10-6-4-8-14(16)11-12-18(17)2;1-13-7-3-5-9-15(13)17-12-11-14-8-4-6-10-16(14)18(17)2;1-12-8-4-5-9-14(12)18-13(2)17(3)15-10-6-7-11-16(15)18;1-12-6-3-4-8-14(12)16-15-9-5-7-13(15)10-11-17(16)2;1-11-7-3-4-8-12(11)13-9-5-6-10-14(13)2;1-10-6-4-5-7-12(10)14-9-8-13(3)11(14)2;14*1-2/h3*3-12H,1-2H3;4-11,13H,1-3H3;3-8,10-11H,9H2,1-2H3;3-10H,1-2H3;4-9,11H,1-3H3;14*1-2H3/q3*+1;;2*+1;;;;;;;;;;;;;;;/t;;;13-;;;11-;;;;;;;;;;;;;;/m...0..0............../s1. The summed E-state index contributed by atoms with van der Waals surface area (Å²) in [6, 6.07) is 111. The Kier molecular flexibility index (Phi) is 72.0. The van der Waals surface area contributed by atoms with E-state index in [2.05, 4.69) is 513 Å². The van der Waals surface area contributed by atoms with Gasteiger partial charge < -0.3 is 19.6 Å². The average molecular weight is 1960 g/mol. The molecular weight excluding hydrogens is 1760 g/mol. The maximum Gasteiger partial charge on any atom is 0.220 e. The van der Waals surface area contributed by atoms with Crippen LogP contribution in [0.1, 0.15) is 258 Å². The van der Waals surface area contributed by atoms with E-state index in [0.29, 0.717) is 12.3 Å². The molecule has 2 atom stereocenters. The number of nitrogens with zero attached hydrogens (tertiary/aromatic N) is 9. The molecule has 0 fully saturated rings. The number of aryl methyl sites for hydroxylation is 12. The SMILES string of the molecule is CC.CC.CC.CC.CC.CC.CC.CC.CC.CC.CC.CC.CC.CC.Cc1ccccc1-c1c2c(cc[n+]1C)C=CC2.Cc1ccccc1-c1c2ccccc2cc[n+]1C.Cc1ccccc1-c1cc2ccccc2c[n+]1C.Cc1ccccc1-c1ccc2ccccc2[n+]1C.Cc1ccccc1-c1cccc[n+]1C.Cc1ccccc1N1C=CN(C)[C@@H]1C.Cc1ccccc1N1c2ccccc2N(C)[C@@H]1C. The summed E-state index contributed by atoms with van der Waals surface area (Å²) in [7, 11) is 14.8. The van der Waals surface area contributed by atoms with Gasteiger partial charge in [0.05, 0.1) is 16.8 Å². The highest BCUT2D eigenvalue weighted by Gasteiger charge is 2.32. The van der Waals surface area contributed by atoms with Crippen molar-refractivity contribution in [2.45, 2.75) is 275 Å². The number of rotatable bonds is 7. The van der Waals surface area contributed by atoms with Crippen molar-refractivity contribution >= 4 is 61.3 Å². The Balaban J connectivity index is 0. The van der Waals surface area contributed by atoms with Crippen LogP contribution < -0.4 is 37.5 Å². The summed E-state index contributed by atoms with van der Waals surface area (Å²) in [5.74, 6) is 0. The van der Waals surface area contributed by atoms with E-state index < -0.39 is 0 Å². The van der Waals surface area contributed by atoms with Crippen LogP contribution in [0.2, 0.25) is 0 Å². The molecule has 0 unspecified atom stereocenters. The molecular formula is C136H196N9+5. The molecule has 7 heterocycles. The number of para-hydroxylation sites is 5. The van der Waals surface area contributed by atoms with Gasteiger partial charge in [0.1, 0.15) is 47.6 Å². The van der Waals surface area contributed by atoms with Crippen LogP contribution in [-0.4, -0.2) is 31.3 Å². The first-order chi connectivity index (χ1) is 70.8. The van der Waals surface area contributed by atoms with Crippen LogP contribution in [0.5, 0.6) is 0 Å². The number of fused-ring (bicyclic) bond motifs is 5. The zero-order valence-corrected chi connectivity index (χ0v) is 99.0. The van der Waals surface area contributed by atoms with Crippen molar-refractivity contribution in [2.24, 2.45) is 35.2 Å². The maximum absolute atomic E-state index is 2.41. The first-order valence-corrected chi connectivity index (χ1v) is 54.7. The van der Waals surface area contributed by atoms with Crippen molar-refractivity contribution in [2.75, 3.05) is 28.8 Å². The lowest BCUT2D eigenvalue weighted by Crippen LogP contribution is -2.35. The van der Waals surface area contributed by atoms with Gasteiger partial charge in [-0.05, 0) is 209 Å². The van der Waals surface area contributed by atoms with Crippen LogP contribution in [0.4, 0.5) is 22.7 Å². The van der Waals surface area contributed by atoms with Crippen molar-refractivity contribution in [3.8, 4) is 56.3 Å². The second-order valence-electron chi connectivity index (χ2n) is 30.9. The first kappa shape index (κ1) is 134. The van der Waals surface area contributed by atoms with Gasteiger partial charge in [-0.3, -0.25) is 0 Å². The zero-order chi connectivity index (χ0) is 110. The quantitative estimate of drug-likeness (QED) is 0.149. The summed E-state index contributed by atoms with van der Waals surface area (Å²) in [5.41, 5.74) is 31.4. The number of benzene rings is 11. The number of pyridine rings is 5. The number of hydrogen-bond acceptors (Lipinski definition) is 4. The molecule has 2 aliphatic heterocycles. The molecule has 16 aromatic rings. The molecule has 3 aliphatic rings. The van der Waals surface area contributed by atoms with E-state index in [1.807, 2.05) is 200 Å². The van der Waals surface area contributed by atoms with Crippen LogP contribution in [0.3, 0.4) is 0 Å². The number of aromatic nitrogens is 5. The van der Waals surface area contributed by atoms with Crippen LogP contribution in [0, 0.1) is 48.5 Å². The van der Waals surface area contributed by atoms with E-state index in [1.54, 1.807) is 0 Å². The van der Waals surface area contributed by atoms with Gasteiger partial charge in [-0.2, -0.15) is 4.57 Å². The normalized spacial score (nSPS) is 11.3. The number of hydrogen-bond donors (Lipinski definition) is 0. The second-order valence-corrected chi connectivity index (χ2v) is 30.9. The number of anilines is 4. The highest BCUT2D eigenvalue weighted by atomic mass is 15.4. The molecule has 145 heavy (non-hydrogen) atoms. The summed E-state index contributed by atoms with van der Waals surface area (Å²) in [4.78, 5) is 9.22. The predicted molar refractivity (Wildman–Crippen MR) is 651 cm³/mol. The minimum Gasteiger partial charge on any atom is -0.359 e. The smallest absolute Gasteiger partial charge is 0.220 e. The predicted octanol–water partition coefficient (Wildman–Crippen LogP) is 37.3. The molecule has 11 aromatic carbocycles. The Bertz CT molecular complexity index is 6130. The van der Waals surface area contributed by atoms with E-state index in [0.717, 1.165) is 6.42 Å². The van der Waals surface area contributed by atoms with Crippen molar-refractivity contribution in [3.63, 3.8) is 0 Å². The fourth-order valence-electron chi connectivity index (χ4n) is 16.1. The molecule has 0 spiro atoms. The fraction of sp³-hybridized carbons (Fsp3) is 0.346. The van der Waals surface area contributed by atoms with Gasteiger partial charge in [0.15, 0.2) is 24.8 Å². The Hall–Kier alpha value is -13.4. The summed E-state index contributed by atoms with van der Waals surface area (Å²) >= 11 is 0. The lowest BCUT2D eigenvalue weighted by molar-refractivity contribution is -0.660. The van der Waals surface area contributed by atoms with Gasteiger partial charge in [0, 0.05) is 124 Å². The summed E-state index contributed by atoms with van der Waals surface area (Å²) in [6.07, 6.45) is 19.1. The Morgan fingerprint density at radius 3 is 1.09 bits per heavy atom. The minimum atomic E-state index is 0.350. The molecule has 0 N–H and O–H groups in total. The van der Waals surface area contributed by atoms with Crippen molar-refractivity contribution < 1.29 is 22.8 Å². The van der Waals surface area contributed by atoms with Crippen LogP contribution in [0.25, 0.3) is 94.8 Å². The number of allylic oxidation sites excluding steroid dienone is 1. The largest absolute Gasteiger partial charge is 0.359 e. The molecule has 780 valence electrons. The van der Waals surface area contributed by atoms with Gasteiger partial charge in [-0.25, -0.2) is 18.3 Å². The molecule has 1 aliphatic carbocycles. The maximum atomic E-state index is 2.41. The van der Waals surface area contributed by atoms with Crippen LogP contribution in [0.15, 0.2) is 359 Å². The van der Waals surface area contributed by atoms with E-state index >= 15 is 0 Å². The average Bonchev–Trinajstić information content (AvgIpc) is 1.62. The minimum absolute atomic E-state index is 0.350. The van der Waals surface area contributed by atoms with Crippen molar-refractivity contribution in [1.82, 2.24) is 4.90 Å². The van der Waals surface area contributed by atoms with Gasteiger partial charge in [0.25, 0.3) is 0 Å². The highest BCUT2D eigenvalue weighted by molar-refractivity contribution is 5.94. The van der Waals surface area contributed by atoms with Crippen LogP contribution in [-0.2, 0) is 41.7 Å². The molecule has 0 bridgehead atoms. The van der Waals surface area contributed by atoms with E-state index in [9.17, 15) is 0 Å². The van der Waals surface area contributed by atoms with E-state index in [4.69, 9.17) is 0 Å². The van der Waals surface area contributed by atoms with Gasteiger partial charge in [0.2, 0.25) is 34.0 Å².